The molecule has 0 heterocycles. The molecular formula is C19H23FeNO5. The molecule has 6 nitrogen and oxygen atoms in total. The molecule has 26 heavy (non-hydrogen) atoms. The Hall–Kier alpha value is -2.37. The minimum atomic E-state index is -1.21. The number of amides is 1. The van der Waals surface area contributed by atoms with Crippen LogP contribution in [0.25, 0.3) is 0 Å². The van der Waals surface area contributed by atoms with Crippen molar-refractivity contribution in [3.63, 3.8) is 0 Å². The molecule has 0 unspecified atom stereocenters. The van der Waals surface area contributed by atoms with Crippen LogP contribution in [0.5, 0.6) is 0 Å². The van der Waals surface area contributed by atoms with Gasteiger partial charge in [-0.05, 0) is 6.42 Å². The fraction of sp³-hybridized carbons (Fsp3) is 0.316. The second-order valence-electron chi connectivity index (χ2n) is 5.50. The minimum Gasteiger partial charge on any atom is -0.481 e. The quantitative estimate of drug-likeness (QED) is 0.443. The van der Waals surface area contributed by atoms with E-state index in [1.165, 1.54) is 0 Å². The standard InChI is InChI=1S/C14H18NO5.C5H5.Fe/c16-12(7-3-6-10-4-1-2-5-10)15-11(14(19)20)8-9-13(17)18;1-2-4-5-3-1;/h1-2,4-5,11H,3,6-9H2,(H,15,16)(H,17,18)(H,19,20);1-5H;/q2*-1;+2/t11-;;/m0../s1. The first-order chi connectivity index (χ1) is 12.0. The number of nitrogens with one attached hydrogen (secondary N) is 1. The smallest absolute Gasteiger partial charge is 0.481 e. The monoisotopic (exact) mass is 401 g/mol. The van der Waals surface area contributed by atoms with Crippen LogP contribution in [0.1, 0.15) is 31.2 Å². The van der Waals surface area contributed by atoms with Gasteiger partial charge in [-0.25, -0.2) is 29.1 Å². The third kappa shape index (κ3) is 11.2. The van der Waals surface area contributed by atoms with Crippen molar-refractivity contribution in [2.75, 3.05) is 0 Å². The predicted molar refractivity (Wildman–Crippen MR) is 93.4 cm³/mol. The maximum absolute atomic E-state index is 11.6. The molecule has 0 aliphatic rings. The average Bonchev–Trinajstić information content (AvgIpc) is 3.26. The van der Waals surface area contributed by atoms with Crippen molar-refractivity contribution in [3.8, 4) is 0 Å². The molecule has 3 N–H and O–H groups in total. The van der Waals surface area contributed by atoms with Crippen molar-refractivity contribution in [2.24, 2.45) is 0 Å². The summed E-state index contributed by atoms with van der Waals surface area (Å²) in [5.41, 5.74) is 1.14. The fourth-order valence-electron chi connectivity index (χ4n) is 2.15. The van der Waals surface area contributed by atoms with Crippen LogP contribution in [0.15, 0.2) is 54.6 Å². The summed E-state index contributed by atoms with van der Waals surface area (Å²) in [6, 6.07) is 16.6. The Morgan fingerprint density at radius 1 is 1.00 bits per heavy atom. The largest absolute Gasteiger partial charge is 2.00 e. The van der Waals surface area contributed by atoms with E-state index in [4.69, 9.17) is 10.2 Å². The van der Waals surface area contributed by atoms with Gasteiger partial charge in [0, 0.05) is 12.8 Å². The van der Waals surface area contributed by atoms with Crippen LogP contribution in [0.2, 0.25) is 0 Å². The molecule has 0 aromatic heterocycles. The van der Waals surface area contributed by atoms with Gasteiger partial charge in [-0.15, -0.1) is 0 Å². The van der Waals surface area contributed by atoms with E-state index in [0.717, 1.165) is 12.0 Å². The number of aryl methyl sites for hydroxylation is 1. The van der Waals surface area contributed by atoms with E-state index >= 15 is 0 Å². The van der Waals surface area contributed by atoms with Crippen LogP contribution in [-0.2, 0) is 37.9 Å². The zero-order valence-electron chi connectivity index (χ0n) is 14.3. The summed E-state index contributed by atoms with van der Waals surface area (Å²) in [5.74, 6) is -2.66. The third-order valence-electron chi connectivity index (χ3n) is 3.44. The van der Waals surface area contributed by atoms with E-state index in [1.807, 2.05) is 54.6 Å². The summed E-state index contributed by atoms with van der Waals surface area (Å²) in [6.45, 7) is 0. The van der Waals surface area contributed by atoms with Gasteiger partial charge in [0.2, 0.25) is 5.91 Å². The molecule has 7 heteroatoms. The van der Waals surface area contributed by atoms with Crippen molar-refractivity contribution in [3.05, 3.63) is 60.2 Å². The normalized spacial score (nSPS) is 10.6. The van der Waals surface area contributed by atoms with Crippen molar-refractivity contribution < 1.29 is 41.7 Å². The van der Waals surface area contributed by atoms with Crippen LogP contribution >= 0.6 is 0 Å². The molecule has 2 aromatic rings. The summed E-state index contributed by atoms with van der Waals surface area (Å²) in [6.07, 6.45) is 1.21. The van der Waals surface area contributed by atoms with Gasteiger partial charge in [0.15, 0.2) is 0 Å². The molecule has 1 amide bonds. The summed E-state index contributed by atoms with van der Waals surface area (Å²) < 4.78 is 0. The number of carboxylic acids is 2. The Balaban J connectivity index is 0.000000893. The first kappa shape index (κ1) is 23.6. The van der Waals surface area contributed by atoms with E-state index in [9.17, 15) is 14.4 Å². The van der Waals surface area contributed by atoms with Crippen LogP contribution in [-0.4, -0.2) is 34.1 Å². The number of aliphatic carboxylic acids is 2. The van der Waals surface area contributed by atoms with Crippen molar-refractivity contribution in [1.82, 2.24) is 5.32 Å². The molecule has 0 fully saturated rings. The van der Waals surface area contributed by atoms with E-state index in [-0.39, 0.29) is 42.2 Å². The van der Waals surface area contributed by atoms with Crippen LogP contribution in [0.3, 0.4) is 0 Å². The molecule has 0 radical (unpaired) electrons. The van der Waals surface area contributed by atoms with Gasteiger partial charge in [-0.1, -0.05) is 12.8 Å². The number of hydrogen-bond acceptors (Lipinski definition) is 3. The van der Waals surface area contributed by atoms with Gasteiger partial charge in [0.1, 0.15) is 6.04 Å². The zero-order valence-corrected chi connectivity index (χ0v) is 15.4. The second-order valence-corrected chi connectivity index (χ2v) is 5.50. The van der Waals surface area contributed by atoms with Gasteiger partial charge in [-0.3, -0.25) is 9.59 Å². The maximum Gasteiger partial charge on any atom is 2.00 e. The predicted octanol–water partition coefficient (Wildman–Crippen LogP) is 2.57. The van der Waals surface area contributed by atoms with E-state index in [0.29, 0.717) is 6.42 Å². The summed E-state index contributed by atoms with van der Waals surface area (Å²) in [5, 5.41) is 19.8. The van der Waals surface area contributed by atoms with E-state index in [1.54, 1.807) is 0 Å². The topological polar surface area (TPSA) is 104 Å². The van der Waals surface area contributed by atoms with Crippen LogP contribution in [0.4, 0.5) is 0 Å². The molecule has 0 aliphatic carbocycles. The molecule has 142 valence electrons. The molecule has 0 spiro atoms. The maximum atomic E-state index is 11.6. The molecule has 0 saturated carbocycles. The number of rotatable bonds is 9. The summed E-state index contributed by atoms with van der Waals surface area (Å²) in [7, 11) is 0. The van der Waals surface area contributed by atoms with Gasteiger partial charge in [0.05, 0.1) is 0 Å². The molecule has 1 atom stereocenters. The molecule has 2 aromatic carbocycles. The van der Waals surface area contributed by atoms with Crippen LogP contribution < -0.4 is 5.32 Å². The molecule has 0 aliphatic heterocycles. The average molecular weight is 401 g/mol. The van der Waals surface area contributed by atoms with Crippen molar-refractivity contribution in [1.29, 1.82) is 0 Å². The Kier molecular flexibility index (Phi) is 12.6. The van der Waals surface area contributed by atoms with Gasteiger partial charge < -0.3 is 15.5 Å². The van der Waals surface area contributed by atoms with E-state index < -0.39 is 18.0 Å². The third-order valence-corrected chi connectivity index (χ3v) is 3.44. The van der Waals surface area contributed by atoms with Crippen molar-refractivity contribution in [2.45, 2.75) is 38.1 Å². The van der Waals surface area contributed by atoms with Crippen molar-refractivity contribution >= 4 is 17.8 Å². The molecule has 2 rings (SSSR count). The number of carboxylic acid groups (broad SMARTS) is 2. The SMILES string of the molecule is O=C(O)CC[C@H](NC(=O)CCC[c-]1cccc1)C(=O)O.[Fe+2].c1cc[cH-]c1. The number of hydrogen-bond donors (Lipinski definition) is 3. The zero-order chi connectivity index (χ0) is 18.5. The van der Waals surface area contributed by atoms with Gasteiger partial charge in [0.25, 0.3) is 0 Å². The van der Waals surface area contributed by atoms with E-state index in [2.05, 4.69) is 5.32 Å². The Labute approximate surface area is 163 Å². The Bertz CT molecular complexity index is 605. The molecular weight excluding hydrogens is 378 g/mol. The first-order valence-corrected chi connectivity index (χ1v) is 8.10. The number of carbonyl (C=O) groups excluding carboxylic acids is 1. The first-order valence-electron chi connectivity index (χ1n) is 8.10. The summed E-state index contributed by atoms with van der Waals surface area (Å²) >= 11 is 0. The number of carbonyl (C=O) groups is 3. The summed E-state index contributed by atoms with van der Waals surface area (Å²) in [4.78, 5) is 32.9. The van der Waals surface area contributed by atoms with Crippen LogP contribution in [0, 0.1) is 0 Å². The fourth-order valence-corrected chi connectivity index (χ4v) is 2.15. The molecule has 0 saturated heterocycles. The minimum absolute atomic E-state index is 0. The molecule has 0 bridgehead atoms. The second kappa shape index (κ2) is 13.9. The van der Waals surface area contributed by atoms with Gasteiger partial charge in [-0.2, -0.15) is 35.9 Å². The van der Waals surface area contributed by atoms with Gasteiger partial charge >= 0.3 is 29.0 Å². The Morgan fingerprint density at radius 2 is 1.62 bits per heavy atom. The Morgan fingerprint density at radius 3 is 2.08 bits per heavy atom.